The van der Waals surface area contributed by atoms with E-state index in [2.05, 4.69) is 34.5 Å². The predicted octanol–water partition coefficient (Wildman–Crippen LogP) is 2.59. The summed E-state index contributed by atoms with van der Waals surface area (Å²) in [6.45, 7) is 6.79. The highest BCUT2D eigenvalue weighted by Crippen LogP contribution is 2.18. The SMILES string of the molecule is Cc1nn(CC(C)C)c(Cl)c1/C=N\NC(=O)c1ccc[nH]1. The van der Waals surface area contributed by atoms with Gasteiger partial charge in [0.2, 0.25) is 0 Å². The van der Waals surface area contributed by atoms with E-state index >= 15 is 0 Å². The van der Waals surface area contributed by atoms with E-state index in [-0.39, 0.29) is 5.91 Å². The average Bonchev–Trinajstić information content (AvgIpc) is 3.02. The molecule has 0 aliphatic heterocycles. The number of rotatable bonds is 5. The molecular formula is C14H18ClN5O. The summed E-state index contributed by atoms with van der Waals surface area (Å²) in [6.07, 6.45) is 3.19. The molecule has 0 aliphatic carbocycles. The molecule has 112 valence electrons. The molecule has 6 nitrogen and oxygen atoms in total. The maximum absolute atomic E-state index is 11.7. The molecule has 0 bridgehead atoms. The van der Waals surface area contributed by atoms with Gasteiger partial charge in [-0.1, -0.05) is 25.4 Å². The van der Waals surface area contributed by atoms with E-state index < -0.39 is 0 Å². The third-order valence-electron chi connectivity index (χ3n) is 2.85. The van der Waals surface area contributed by atoms with Crippen LogP contribution in [0.2, 0.25) is 5.15 Å². The normalized spacial score (nSPS) is 11.5. The molecule has 0 radical (unpaired) electrons. The molecule has 0 unspecified atom stereocenters. The predicted molar refractivity (Wildman–Crippen MR) is 82.7 cm³/mol. The summed E-state index contributed by atoms with van der Waals surface area (Å²) in [5.74, 6) is 0.138. The molecule has 0 spiro atoms. The Kier molecular flexibility index (Phi) is 4.80. The van der Waals surface area contributed by atoms with E-state index in [1.807, 2.05) is 6.92 Å². The fourth-order valence-electron chi connectivity index (χ4n) is 1.87. The minimum atomic E-state index is -0.306. The molecule has 21 heavy (non-hydrogen) atoms. The first kappa shape index (κ1) is 15.3. The summed E-state index contributed by atoms with van der Waals surface area (Å²) in [5, 5.41) is 8.83. The first-order chi connectivity index (χ1) is 9.99. The average molecular weight is 308 g/mol. The van der Waals surface area contributed by atoms with Crippen LogP contribution in [-0.4, -0.2) is 26.9 Å². The van der Waals surface area contributed by atoms with Crippen LogP contribution in [0.4, 0.5) is 0 Å². The molecule has 7 heteroatoms. The number of nitrogens with zero attached hydrogens (tertiary/aromatic N) is 3. The number of carbonyl (C=O) groups excluding carboxylic acids is 1. The largest absolute Gasteiger partial charge is 0.357 e. The number of aryl methyl sites for hydroxylation is 1. The minimum absolute atomic E-state index is 0.306. The summed E-state index contributed by atoms with van der Waals surface area (Å²) in [5.41, 5.74) is 4.38. The first-order valence-corrected chi connectivity index (χ1v) is 7.06. The Balaban J connectivity index is 2.07. The van der Waals surface area contributed by atoms with Crippen LogP contribution >= 0.6 is 11.6 Å². The number of hydrogen-bond donors (Lipinski definition) is 2. The van der Waals surface area contributed by atoms with E-state index in [9.17, 15) is 4.79 Å². The zero-order valence-electron chi connectivity index (χ0n) is 12.2. The van der Waals surface area contributed by atoms with E-state index in [1.54, 1.807) is 23.0 Å². The van der Waals surface area contributed by atoms with Crippen molar-refractivity contribution in [1.82, 2.24) is 20.2 Å². The van der Waals surface area contributed by atoms with Crippen molar-refractivity contribution in [3.8, 4) is 0 Å². The summed E-state index contributed by atoms with van der Waals surface area (Å²) in [7, 11) is 0. The van der Waals surface area contributed by atoms with Gasteiger partial charge in [0.1, 0.15) is 10.8 Å². The van der Waals surface area contributed by atoms with E-state index in [1.165, 1.54) is 6.21 Å². The molecule has 2 aromatic rings. The molecule has 0 saturated heterocycles. The zero-order valence-corrected chi connectivity index (χ0v) is 13.0. The molecule has 2 N–H and O–H groups in total. The molecular weight excluding hydrogens is 290 g/mol. The monoisotopic (exact) mass is 307 g/mol. The van der Waals surface area contributed by atoms with Crippen LogP contribution in [0.25, 0.3) is 0 Å². The lowest BCUT2D eigenvalue weighted by Crippen LogP contribution is -2.17. The molecule has 1 amide bonds. The topological polar surface area (TPSA) is 75.1 Å². The van der Waals surface area contributed by atoms with Crippen LogP contribution < -0.4 is 5.43 Å². The highest BCUT2D eigenvalue weighted by atomic mass is 35.5. The highest BCUT2D eigenvalue weighted by Gasteiger charge is 2.12. The molecule has 2 heterocycles. The van der Waals surface area contributed by atoms with Crippen molar-refractivity contribution in [3.63, 3.8) is 0 Å². The number of hydrogen-bond acceptors (Lipinski definition) is 3. The van der Waals surface area contributed by atoms with Crippen molar-refractivity contribution >= 4 is 23.7 Å². The second-order valence-corrected chi connectivity index (χ2v) is 5.51. The van der Waals surface area contributed by atoms with Gasteiger partial charge >= 0.3 is 0 Å². The van der Waals surface area contributed by atoms with Crippen LogP contribution in [0.5, 0.6) is 0 Å². The van der Waals surface area contributed by atoms with E-state index in [0.29, 0.717) is 22.3 Å². The number of aromatic nitrogens is 3. The van der Waals surface area contributed by atoms with Crippen molar-refractivity contribution in [2.75, 3.05) is 0 Å². The Morgan fingerprint density at radius 3 is 3.00 bits per heavy atom. The van der Waals surface area contributed by atoms with Gasteiger partial charge in [-0.2, -0.15) is 10.2 Å². The van der Waals surface area contributed by atoms with Crippen molar-refractivity contribution in [1.29, 1.82) is 0 Å². The number of carbonyl (C=O) groups is 1. The quantitative estimate of drug-likeness (QED) is 0.658. The summed E-state index contributed by atoms with van der Waals surface area (Å²) >= 11 is 6.28. The highest BCUT2D eigenvalue weighted by molar-refractivity contribution is 6.32. The third kappa shape index (κ3) is 3.72. The number of hydrazone groups is 1. The Bertz CT molecular complexity index is 643. The van der Waals surface area contributed by atoms with Crippen LogP contribution in [-0.2, 0) is 6.54 Å². The van der Waals surface area contributed by atoms with Gasteiger partial charge in [0.25, 0.3) is 5.91 Å². The number of nitrogens with one attached hydrogen (secondary N) is 2. The van der Waals surface area contributed by atoms with Crippen molar-refractivity contribution in [2.45, 2.75) is 27.3 Å². The second-order valence-electron chi connectivity index (χ2n) is 5.15. The minimum Gasteiger partial charge on any atom is -0.357 e. The van der Waals surface area contributed by atoms with E-state index in [0.717, 1.165) is 12.2 Å². The molecule has 0 aromatic carbocycles. The lowest BCUT2D eigenvalue weighted by Gasteiger charge is -2.05. The van der Waals surface area contributed by atoms with Crippen LogP contribution in [0, 0.1) is 12.8 Å². The smallest absolute Gasteiger partial charge is 0.287 e. The molecule has 2 aromatic heterocycles. The van der Waals surface area contributed by atoms with Gasteiger partial charge in [0.15, 0.2) is 0 Å². The van der Waals surface area contributed by atoms with Gasteiger partial charge in [0, 0.05) is 12.7 Å². The fraction of sp³-hybridized carbons (Fsp3) is 0.357. The van der Waals surface area contributed by atoms with Crippen molar-refractivity contribution in [2.24, 2.45) is 11.0 Å². The van der Waals surface area contributed by atoms with Crippen LogP contribution in [0.3, 0.4) is 0 Å². The Labute approximate surface area is 128 Å². The Morgan fingerprint density at radius 1 is 1.62 bits per heavy atom. The Hall–Kier alpha value is -2.08. The molecule has 2 rings (SSSR count). The summed E-state index contributed by atoms with van der Waals surface area (Å²) in [4.78, 5) is 14.5. The van der Waals surface area contributed by atoms with Crippen molar-refractivity contribution < 1.29 is 4.79 Å². The van der Waals surface area contributed by atoms with Crippen molar-refractivity contribution in [3.05, 3.63) is 40.4 Å². The molecule has 0 fully saturated rings. The van der Waals surface area contributed by atoms with Gasteiger partial charge in [-0.15, -0.1) is 0 Å². The second kappa shape index (κ2) is 6.58. The first-order valence-electron chi connectivity index (χ1n) is 6.68. The molecule has 0 atom stereocenters. The van der Waals surface area contributed by atoms with Gasteiger partial charge in [-0.25, -0.2) is 5.43 Å². The number of amides is 1. The standard InChI is InChI=1S/C14H18ClN5O/c1-9(2)8-20-13(15)11(10(3)19-20)7-17-18-14(21)12-5-4-6-16-12/h4-7,9,16H,8H2,1-3H3,(H,18,21)/b17-7-. The van der Waals surface area contributed by atoms with Gasteiger partial charge in [0.05, 0.1) is 17.5 Å². The van der Waals surface area contributed by atoms with Gasteiger partial charge in [-0.05, 0) is 25.0 Å². The number of halogens is 1. The fourth-order valence-corrected chi connectivity index (χ4v) is 2.16. The summed E-state index contributed by atoms with van der Waals surface area (Å²) in [6, 6.07) is 3.42. The van der Waals surface area contributed by atoms with Crippen LogP contribution in [0.15, 0.2) is 23.4 Å². The van der Waals surface area contributed by atoms with Crippen LogP contribution in [0.1, 0.15) is 35.6 Å². The Morgan fingerprint density at radius 2 is 2.38 bits per heavy atom. The maximum atomic E-state index is 11.7. The lowest BCUT2D eigenvalue weighted by atomic mass is 10.2. The van der Waals surface area contributed by atoms with Gasteiger partial charge < -0.3 is 4.98 Å². The number of aromatic amines is 1. The third-order valence-corrected chi connectivity index (χ3v) is 3.25. The molecule has 0 saturated carbocycles. The maximum Gasteiger partial charge on any atom is 0.287 e. The lowest BCUT2D eigenvalue weighted by molar-refractivity contribution is 0.0951. The number of H-pyrrole nitrogens is 1. The summed E-state index contributed by atoms with van der Waals surface area (Å²) < 4.78 is 1.75. The van der Waals surface area contributed by atoms with Gasteiger partial charge in [-0.3, -0.25) is 9.48 Å². The zero-order chi connectivity index (χ0) is 15.4. The van der Waals surface area contributed by atoms with E-state index in [4.69, 9.17) is 11.6 Å². The molecule has 0 aliphatic rings.